The van der Waals surface area contributed by atoms with E-state index >= 15 is 0 Å². The molecular formula is C21H31F5N2O. The molecule has 0 radical (unpaired) electrons. The number of anilines is 2. The van der Waals surface area contributed by atoms with E-state index in [-0.39, 0.29) is 29.9 Å². The van der Waals surface area contributed by atoms with Crippen LogP contribution in [0, 0.1) is 0 Å². The van der Waals surface area contributed by atoms with Gasteiger partial charge in [-0.2, -0.15) is 22.0 Å². The topological polar surface area (TPSA) is 23.6 Å². The van der Waals surface area contributed by atoms with Crippen LogP contribution in [0.1, 0.15) is 65.7 Å². The summed E-state index contributed by atoms with van der Waals surface area (Å²) in [4.78, 5) is 16.1. The standard InChI is InChI=1S/C21H31F5N2O/c1-12(2)27(13(3)4)17-11-9-10-16(18(17)28(14(5)6)15(7)8)19(29)20(22,23)21(24,25)26/h9-15H,1-8H3. The van der Waals surface area contributed by atoms with Gasteiger partial charge >= 0.3 is 12.1 Å². The van der Waals surface area contributed by atoms with Crippen molar-refractivity contribution in [2.45, 2.75) is 91.7 Å². The lowest BCUT2D eigenvalue weighted by atomic mass is 9.97. The van der Waals surface area contributed by atoms with E-state index in [9.17, 15) is 26.7 Å². The highest BCUT2D eigenvalue weighted by Crippen LogP contribution is 2.43. The number of hydrogen-bond donors (Lipinski definition) is 0. The molecule has 0 spiro atoms. The maximum Gasteiger partial charge on any atom is 0.461 e. The highest BCUT2D eigenvalue weighted by molar-refractivity contribution is 6.08. The zero-order valence-electron chi connectivity index (χ0n) is 18.2. The molecule has 1 aromatic rings. The molecule has 0 atom stereocenters. The number of ketones is 1. The monoisotopic (exact) mass is 422 g/mol. The van der Waals surface area contributed by atoms with E-state index in [2.05, 4.69) is 0 Å². The quantitative estimate of drug-likeness (QED) is 0.362. The maximum absolute atomic E-state index is 14.0. The van der Waals surface area contributed by atoms with Crippen LogP contribution in [0.15, 0.2) is 18.2 Å². The molecule has 0 aliphatic carbocycles. The van der Waals surface area contributed by atoms with E-state index in [0.717, 1.165) is 6.07 Å². The molecule has 0 N–H and O–H groups in total. The summed E-state index contributed by atoms with van der Waals surface area (Å²) < 4.78 is 66.8. The molecule has 0 aromatic heterocycles. The van der Waals surface area contributed by atoms with Crippen molar-refractivity contribution in [3.05, 3.63) is 23.8 Å². The van der Waals surface area contributed by atoms with Crippen LogP contribution in [0.5, 0.6) is 0 Å². The first-order valence-corrected chi connectivity index (χ1v) is 9.74. The number of rotatable bonds is 8. The molecule has 0 saturated heterocycles. The Balaban J connectivity index is 3.93. The fourth-order valence-electron chi connectivity index (χ4n) is 3.76. The number of para-hydroxylation sites is 1. The van der Waals surface area contributed by atoms with Crippen molar-refractivity contribution in [1.82, 2.24) is 0 Å². The van der Waals surface area contributed by atoms with Crippen LogP contribution >= 0.6 is 0 Å². The summed E-state index contributed by atoms with van der Waals surface area (Å²) in [5.74, 6) is -7.71. The molecule has 3 nitrogen and oxygen atoms in total. The first-order chi connectivity index (χ1) is 13.1. The normalized spacial score (nSPS) is 13.0. The molecule has 0 unspecified atom stereocenters. The second kappa shape index (κ2) is 8.88. The van der Waals surface area contributed by atoms with Crippen LogP contribution < -0.4 is 9.80 Å². The molecule has 0 fully saturated rings. The van der Waals surface area contributed by atoms with Crippen molar-refractivity contribution in [2.75, 3.05) is 9.80 Å². The van der Waals surface area contributed by atoms with Crippen molar-refractivity contribution < 1.29 is 26.7 Å². The van der Waals surface area contributed by atoms with Crippen molar-refractivity contribution >= 4 is 17.2 Å². The molecular weight excluding hydrogens is 391 g/mol. The van der Waals surface area contributed by atoms with E-state index in [1.54, 1.807) is 11.0 Å². The van der Waals surface area contributed by atoms with Crippen LogP contribution in [0.25, 0.3) is 0 Å². The fourth-order valence-corrected chi connectivity index (χ4v) is 3.76. The minimum atomic E-state index is -5.96. The number of benzene rings is 1. The van der Waals surface area contributed by atoms with E-state index in [1.807, 2.05) is 60.3 Å². The Kier molecular flexibility index (Phi) is 7.71. The van der Waals surface area contributed by atoms with Gasteiger partial charge < -0.3 is 9.80 Å². The Hall–Kier alpha value is -1.86. The Morgan fingerprint density at radius 1 is 0.759 bits per heavy atom. The third-order valence-electron chi connectivity index (χ3n) is 4.66. The molecule has 0 heterocycles. The van der Waals surface area contributed by atoms with Crippen molar-refractivity contribution in [1.29, 1.82) is 0 Å². The zero-order chi connectivity index (χ0) is 22.9. The molecule has 0 aliphatic heterocycles. The number of nitrogens with zero attached hydrogens (tertiary/aromatic N) is 2. The van der Waals surface area contributed by atoms with Gasteiger partial charge in [-0.3, -0.25) is 4.79 Å². The van der Waals surface area contributed by atoms with Gasteiger partial charge in [-0.05, 0) is 67.5 Å². The van der Waals surface area contributed by atoms with E-state index in [1.165, 1.54) is 6.07 Å². The maximum atomic E-state index is 14.0. The van der Waals surface area contributed by atoms with Crippen molar-refractivity contribution in [3.63, 3.8) is 0 Å². The minimum absolute atomic E-state index is 0.0663. The van der Waals surface area contributed by atoms with Gasteiger partial charge in [-0.25, -0.2) is 0 Å². The molecule has 0 aliphatic rings. The summed E-state index contributed by atoms with van der Waals surface area (Å²) in [5.41, 5.74) is -0.0615. The van der Waals surface area contributed by atoms with Crippen molar-refractivity contribution in [2.24, 2.45) is 0 Å². The van der Waals surface area contributed by atoms with Gasteiger partial charge in [0, 0.05) is 29.7 Å². The van der Waals surface area contributed by atoms with Crippen LogP contribution in [0.2, 0.25) is 0 Å². The fraction of sp³-hybridized carbons (Fsp3) is 0.667. The van der Waals surface area contributed by atoms with Gasteiger partial charge in [-0.1, -0.05) is 6.07 Å². The third kappa shape index (κ3) is 5.01. The molecule has 0 saturated carbocycles. The molecule has 1 aromatic carbocycles. The second-order valence-electron chi connectivity index (χ2n) is 8.26. The van der Waals surface area contributed by atoms with E-state index < -0.39 is 23.4 Å². The van der Waals surface area contributed by atoms with Crippen LogP contribution in [0.3, 0.4) is 0 Å². The van der Waals surface area contributed by atoms with Gasteiger partial charge in [0.1, 0.15) is 0 Å². The number of carbonyl (C=O) groups is 1. The Morgan fingerprint density at radius 2 is 1.17 bits per heavy atom. The van der Waals surface area contributed by atoms with Crippen LogP contribution in [-0.2, 0) is 0 Å². The Morgan fingerprint density at radius 3 is 1.52 bits per heavy atom. The largest absolute Gasteiger partial charge is 0.461 e. The molecule has 8 heteroatoms. The Bertz CT molecular complexity index is 696. The average Bonchev–Trinajstić information content (AvgIpc) is 2.53. The summed E-state index contributed by atoms with van der Waals surface area (Å²) in [7, 11) is 0. The first kappa shape index (κ1) is 25.2. The molecule has 166 valence electrons. The van der Waals surface area contributed by atoms with Gasteiger partial charge in [0.2, 0.25) is 5.78 Å². The summed E-state index contributed by atoms with van der Waals surface area (Å²) in [6, 6.07) is 3.47. The van der Waals surface area contributed by atoms with E-state index in [4.69, 9.17) is 0 Å². The Labute approximate surface area is 169 Å². The number of Topliss-reactive ketones (excluding diaryl/α,β-unsaturated/α-hetero) is 1. The van der Waals surface area contributed by atoms with Crippen LogP contribution in [0.4, 0.5) is 33.3 Å². The van der Waals surface area contributed by atoms with E-state index in [0.29, 0.717) is 5.69 Å². The predicted octanol–water partition coefficient (Wildman–Crippen LogP) is 6.31. The highest BCUT2D eigenvalue weighted by Gasteiger charge is 2.63. The summed E-state index contributed by atoms with van der Waals surface area (Å²) >= 11 is 0. The lowest BCUT2D eigenvalue weighted by molar-refractivity contribution is -0.255. The summed E-state index contributed by atoms with van der Waals surface area (Å²) in [6.45, 7) is 14.8. The minimum Gasteiger partial charge on any atom is -0.365 e. The van der Waals surface area contributed by atoms with Gasteiger partial charge in [-0.15, -0.1) is 0 Å². The predicted molar refractivity (Wildman–Crippen MR) is 107 cm³/mol. The SMILES string of the molecule is CC(C)N(c1cccc(C(=O)C(F)(F)C(F)(F)F)c1N(C(C)C)C(C)C)C(C)C. The lowest BCUT2D eigenvalue weighted by Crippen LogP contribution is -2.46. The smallest absolute Gasteiger partial charge is 0.365 e. The number of hydrogen-bond acceptors (Lipinski definition) is 3. The number of halogens is 5. The van der Waals surface area contributed by atoms with Crippen LogP contribution in [-0.4, -0.2) is 42.0 Å². The van der Waals surface area contributed by atoms with Crippen molar-refractivity contribution in [3.8, 4) is 0 Å². The zero-order valence-corrected chi connectivity index (χ0v) is 18.2. The second-order valence-corrected chi connectivity index (χ2v) is 8.26. The van der Waals surface area contributed by atoms with Gasteiger partial charge in [0.15, 0.2) is 0 Å². The first-order valence-electron chi connectivity index (χ1n) is 9.74. The van der Waals surface area contributed by atoms with Gasteiger partial charge in [0.05, 0.1) is 11.4 Å². The van der Waals surface area contributed by atoms with Gasteiger partial charge in [0.25, 0.3) is 0 Å². The molecule has 29 heavy (non-hydrogen) atoms. The summed E-state index contributed by atoms with van der Waals surface area (Å²) in [5, 5.41) is 0. The molecule has 1 rings (SSSR count). The number of carbonyl (C=O) groups excluding carboxylic acids is 1. The molecule has 0 bridgehead atoms. The average molecular weight is 422 g/mol. The highest BCUT2D eigenvalue weighted by atomic mass is 19.4. The molecule has 0 amide bonds. The lowest BCUT2D eigenvalue weighted by Gasteiger charge is -2.41. The third-order valence-corrected chi connectivity index (χ3v) is 4.66. The number of alkyl halides is 5. The summed E-state index contributed by atoms with van der Waals surface area (Å²) in [6.07, 6.45) is -5.96.